The smallest absolute Gasteiger partial charge is 0.321 e. The zero-order valence-electron chi connectivity index (χ0n) is 15.7. The number of nitrogens with one attached hydrogen (secondary N) is 1. The number of aryl methyl sites for hydroxylation is 1. The Balaban J connectivity index is 1.41. The number of nitrogens with zero attached hydrogens (tertiary/aromatic N) is 6. The molecule has 2 amide bonds. The molecule has 8 nitrogen and oxygen atoms in total. The zero-order valence-corrected chi connectivity index (χ0v) is 15.7. The lowest BCUT2D eigenvalue weighted by Gasteiger charge is -2.35. The molecule has 1 saturated heterocycles. The van der Waals surface area contributed by atoms with Gasteiger partial charge >= 0.3 is 6.03 Å². The Labute approximate surface area is 165 Å². The number of hydrogen-bond donors (Lipinski definition) is 1. The van der Waals surface area contributed by atoms with Crippen molar-refractivity contribution in [3.63, 3.8) is 0 Å². The minimum Gasteiger partial charge on any atom is -0.353 e. The molecule has 1 fully saturated rings. The third kappa shape index (κ3) is 4.31. The van der Waals surface area contributed by atoms with Crippen LogP contribution >= 0.6 is 0 Å². The zero-order chi connectivity index (χ0) is 20.4. The van der Waals surface area contributed by atoms with Crippen molar-refractivity contribution in [1.29, 1.82) is 0 Å². The van der Waals surface area contributed by atoms with Crippen LogP contribution in [0.4, 0.5) is 25.1 Å². The summed E-state index contributed by atoms with van der Waals surface area (Å²) in [5.41, 5.74) is 0.0892. The first kappa shape index (κ1) is 18.8. The molecule has 0 atom stereocenters. The Morgan fingerprint density at radius 1 is 1.00 bits per heavy atom. The van der Waals surface area contributed by atoms with Gasteiger partial charge in [-0.1, -0.05) is 0 Å². The van der Waals surface area contributed by atoms with Crippen LogP contribution in [0.25, 0.3) is 5.82 Å². The molecular formula is C19H19F2N7O. The number of aromatic nitrogens is 4. The van der Waals surface area contributed by atoms with Crippen molar-refractivity contribution >= 4 is 17.5 Å². The van der Waals surface area contributed by atoms with Crippen LogP contribution in [0.15, 0.2) is 43.0 Å². The lowest BCUT2D eigenvalue weighted by Crippen LogP contribution is -2.50. The van der Waals surface area contributed by atoms with E-state index in [2.05, 4.69) is 25.2 Å². The van der Waals surface area contributed by atoms with Gasteiger partial charge in [0.25, 0.3) is 0 Å². The minimum absolute atomic E-state index is 0.0892. The topological polar surface area (TPSA) is 79.2 Å². The Kier molecular flexibility index (Phi) is 5.07. The van der Waals surface area contributed by atoms with Gasteiger partial charge in [-0.05, 0) is 19.1 Å². The normalized spacial score (nSPS) is 14.2. The molecule has 0 aliphatic carbocycles. The molecule has 1 aliphatic heterocycles. The third-order valence-electron chi connectivity index (χ3n) is 4.58. The summed E-state index contributed by atoms with van der Waals surface area (Å²) in [5.74, 6) is 0.655. The highest BCUT2D eigenvalue weighted by molar-refractivity contribution is 5.89. The van der Waals surface area contributed by atoms with Gasteiger partial charge in [-0.25, -0.2) is 28.5 Å². The van der Waals surface area contributed by atoms with Gasteiger partial charge in [-0.3, -0.25) is 4.57 Å². The number of carbonyl (C=O) groups excluding carboxylic acids is 1. The van der Waals surface area contributed by atoms with Crippen LogP contribution in [0.2, 0.25) is 0 Å². The standard InChI is InChI=1S/C19H19F2N7O/c1-13-23-17(11-18(24-13)28-3-2-22-12-28)26-4-6-27(7-5-26)19(29)25-16-9-14(20)8-15(21)10-16/h2-3,8-12H,4-7H2,1H3,(H,25,29). The molecule has 29 heavy (non-hydrogen) atoms. The number of amides is 2. The largest absolute Gasteiger partial charge is 0.353 e. The van der Waals surface area contributed by atoms with E-state index in [-0.39, 0.29) is 5.69 Å². The Bertz CT molecular complexity index is 997. The summed E-state index contributed by atoms with van der Waals surface area (Å²) >= 11 is 0. The number of carbonyl (C=O) groups is 1. The monoisotopic (exact) mass is 399 g/mol. The molecule has 150 valence electrons. The van der Waals surface area contributed by atoms with Crippen molar-refractivity contribution in [2.24, 2.45) is 0 Å². The second kappa shape index (κ2) is 7.82. The van der Waals surface area contributed by atoms with E-state index >= 15 is 0 Å². The second-order valence-corrected chi connectivity index (χ2v) is 6.66. The summed E-state index contributed by atoms with van der Waals surface area (Å²) in [6.45, 7) is 3.88. The Morgan fingerprint density at radius 2 is 1.69 bits per heavy atom. The van der Waals surface area contributed by atoms with Gasteiger partial charge in [0.2, 0.25) is 0 Å². The third-order valence-corrected chi connectivity index (χ3v) is 4.58. The first-order valence-corrected chi connectivity index (χ1v) is 9.09. The maximum Gasteiger partial charge on any atom is 0.321 e. The molecule has 4 rings (SSSR count). The molecule has 1 N–H and O–H groups in total. The number of urea groups is 1. The molecule has 1 aromatic carbocycles. The summed E-state index contributed by atoms with van der Waals surface area (Å²) in [5, 5.41) is 2.54. The Hall–Kier alpha value is -3.56. The van der Waals surface area contributed by atoms with Gasteiger partial charge in [0, 0.05) is 56.4 Å². The molecule has 0 spiro atoms. The average molecular weight is 399 g/mol. The summed E-state index contributed by atoms with van der Waals surface area (Å²) in [4.78, 5) is 29.0. The number of benzene rings is 1. The minimum atomic E-state index is -0.738. The van der Waals surface area contributed by atoms with Gasteiger partial charge in [-0.2, -0.15) is 0 Å². The molecule has 3 heterocycles. The van der Waals surface area contributed by atoms with E-state index in [1.54, 1.807) is 22.0 Å². The van der Waals surface area contributed by atoms with Crippen molar-refractivity contribution in [2.75, 3.05) is 36.4 Å². The molecule has 0 bridgehead atoms. The fourth-order valence-electron chi connectivity index (χ4n) is 3.19. The van der Waals surface area contributed by atoms with Crippen LogP contribution in [-0.4, -0.2) is 56.6 Å². The first-order chi connectivity index (χ1) is 14.0. The number of piperazine rings is 1. The van der Waals surface area contributed by atoms with Gasteiger partial charge in [0.05, 0.1) is 0 Å². The van der Waals surface area contributed by atoms with Crippen LogP contribution in [0.3, 0.4) is 0 Å². The maximum atomic E-state index is 13.3. The van der Waals surface area contributed by atoms with Crippen molar-refractivity contribution in [1.82, 2.24) is 24.4 Å². The second-order valence-electron chi connectivity index (χ2n) is 6.66. The number of halogens is 2. The maximum absolute atomic E-state index is 13.3. The summed E-state index contributed by atoms with van der Waals surface area (Å²) < 4.78 is 28.4. The number of rotatable bonds is 3. The molecule has 3 aromatic rings. The predicted octanol–water partition coefficient (Wildman–Crippen LogP) is 2.60. The highest BCUT2D eigenvalue weighted by Gasteiger charge is 2.23. The van der Waals surface area contributed by atoms with Crippen molar-refractivity contribution in [3.8, 4) is 5.82 Å². The number of imidazole rings is 1. The van der Waals surface area contributed by atoms with Crippen LogP contribution in [0.1, 0.15) is 5.82 Å². The molecular weight excluding hydrogens is 380 g/mol. The predicted molar refractivity (Wildman–Crippen MR) is 103 cm³/mol. The first-order valence-electron chi connectivity index (χ1n) is 9.09. The van der Waals surface area contributed by atoms with Crippen LogP contribution in [0.5, 0.6) is 0 Å². The van der Waals surface area contributed by atoms with Crippen molar-refractivity contribution in [2.45, 2.75) is 6.92 Å². The fourth-order valence-corrected chi connectivity index (χ4v) is 3.19. The highest BCUT2D eigenvalue weighted by Crippen LogP contribution is 2.18. The van der Waals surface area contributed by atoms with E-state index < -0.39 is 17.7 Å². The molecule has 1 aliphatic rings. The van der Waals surface area contributed by atoms with Crippen LogP contribution in [0, 0.1) is 18.6 Å². The summed E-state index contributed by atoms with van der Waals surface area (Å²) in [6, 6.07) is 4.40. The van der Waals surface area contributed by atoms with Crippen molar-refractivity contribution in [3.05, 3.63) is 60.4 Å². The van der Waals surface area contributed by atoms with E-state index in [4.69, 9.17) is 0 Å². The van der Waals surface area contributed by atoms with E-state index in [1.807, 2.05) is 19.2 Å². The van der Waals surface area contributed by atoms with Gasteiger partial charge in [0.15, 0.2) is 0 Å². The molecule has 2 aromatic heterocycles. The SMILES string of the molecule is Cc1nc(N2CCN(C(=O)Nc3cc(F)cc(F)c3)CC2)cc(-n2ccnc2)n1. The molecule has 0 unspecified atom stereocenters. The molecule has 0 radical (unpaired) electrons. The summed E-state index contributed by atoms with van der Waals surface area (Å²) in [6.07, 6.45) is 5.16. The van der Waals surface area contributed by atoms with Crippen LogP contribution in [-0.2, 0) is 0 Å². The summed E-state index contributed by atoms with van der Waals surface area (Å²) in [7, 11) is 0. The average Bonchev–Trinajstić information content (AvgIpc) is 3.22. The lowest BCUT2D eigenvalue weighted by molar-refractivity contribution is 0.208. The van der Waals surface area contributed by atoms with E-state index in [1.165, 1.54) is 0 Å². The fraction of sp³-hybridized carbons (Fsp3) is 0.263. The molecule has 0 saturated carbocycles. The van der Waals surface area contributed by atoms with E-state index in [0.717, 1.165) is 29.8 Å². The van der Waals surface area contributed by atoms with Gasteiger partial charge in [-0.15, -0.1) is 0 Å². The quantitative estimate of drug-likeness (QED) is 0.733. The van der Waals surface area contributed by atoms with E-state index in [9.17, 15) is 13.6 Å². The van der Waals surface area contributed by atoms with E-state index in [0.29, 0.717) is 32.0 Å². The molecule has 10 heteroatoms. The van der Waals surface area contributed by atoms with Gasteiger partial charge in [0.1, 0.15) is 35.4 Å². The van der Waals surface area contributed by atoms with Crippen LogP contribution < -0.4 is 10.2 Å². The highest BCUT2D eigenvalue weighted by atomic mass is 19.1. The van der Waals surface area contributed by atoms with Crippen molar-refractivity contribution < 1.29 is 13.6 Å². The van der Waals surface area contributed by atoms with Gasteiger partial charge < -0.3 is 15.1 Å². The number of hydrogen-bond acceptors (Lipinski definition) is 5. The number of anilines is 2. The lowest BCUT2D eigenvalue weighted by atomic mass is 10.3. The Morgan fingerprint density at radius 3 is 2.34 bits per heavy atom.